The molecule has 0 bridgehead atoms. The summed E-state index contributed by atoms with van der Waals surface area (Å²) >= 11 is 0. The van der Waals surface area contributed by atoms with Crippen molar-refractivity contribution in [2.24, 2.45) is 0 Å². The maximum absolute atomic E-state index is 14.0. The van der Waals surface area contributed by atoms with Crippen LogP contribution in [-0.4, -0.2) is 20.2 Å². The van der Waals surface area contributed by atoms with Crippen molar-refractivity contribution in [3.05, 3.63) is 100 Å². The van der Waals surface area contributed by atoms with Gasteiger partial charge in [-0.05, 0) is 47.2 Å². The van der Waals surface area contributed by atoms with Gasteiger partial charge in [-0.3, -0.25) is 4.79 Å². The average Bonchev–Trinajstić information content (AvgIpc) is 2.93. The van der Waals surface area contributed by atoms with Crippen LogP contribution in [0.15, 0.2) is 88.1 Å². The van der Waals surface area contributed by atoms with Crippen molar-refractivity contribution >= 4 is 27.7 Å². The Labute approximate surface area is 218 Å². The molecule has 0 N–H and O–H groups in total. The summed E-state index contributed by atoms with van der Waals surface area (Å²) in [5.41, 5.74) is -1.52. The van der Waals surface area contributed by atoms with Crippen molar-refractivity contribution in [2.45, 2.75) is 6.18 Å². The first-order chi connectivity index (χ1) is 18.7. The summed E-state index contributed by atoms with van der Waals surface area (Å²) in [6.07, 6.45) is -5.06. The van der Waals surface area contributed by atoms with Crippen LogP contribution in [0.5, 0.6) is 28.7 Å². The molecule has 0 aliphatic heterocycles. The lowest BCUT2D eigenvalue weighted by molar-refractivity contribution is -0.154. The lowest BCUT2D eigenvalue weighted by Gasteiger charge is -2.14. The molecule has 0 aliphatic rings. The standard InChI is InChI=1S/C29H19F3O7/c1-35-21-8-5-9-22(36-2)24(21)28(34)38-19-12-13-20-23(15-19)39-27(29(30,31)32)26(25(20)33)37-18-11-10-16-6-3-4-7-17(16)14-18/h3-15H,1-2H3. The molecule has 5 rings (SSSR count). The van der Waals surface area contributed by atoms with E-state index in [0.717, 1.165) is 11.5 Å². The van der Waals surface area contributed by atoms with E-state index in [0.29, 0.717) is 5.39 Å². The minimum atomic E-state index is -5.06. The first-order valence-electron chi connectivity index (χ1n) is 11.5. The third-order valence-electron chi connectivity index (χ3n) is 5.86. The van der Waals surface area contributed by atoms with Gasteiger partial charge in [0, 0.05) is 6.07 Å². The average molecular weight is 536 g/mol. The molecule has 4 aromatic carbocycles. The van der Waals surface area contributed by atoms with Crippen molar-refractivity contribution in [1.29, 1.82) is 0 Å². The molecule has 1 aromatic heterocycles. The summed E-state index contributed by atoms with van der Waals surface area (Å²) in [6, 6.07) is 19.9. The van der Waals surface area contributed by atoms with Crippen LogP contribution >= 0.6 is 0 Å². The summed E-state index contributed by atoms with van der Waals surface area (Å²) < 4.78 is 68.3. The van der Waals surface area contributed by atoms with Crippen molar-refractivity contribution in [3.63, 3.8) is 0 Å². The van der Waals surface area contributed by atoms with E-state index in [4.69, 9.17) is 23.4 Å². The fraction of sp³-hybridized carbons (Fsp3) is 0.103. The number of hydrogen-bond acceptors (Lipinski definition) is 7. The number of methoxy groups -OCH3 is 2. The molecule has 5 aromatic rings. The Kier molecular flexibility index (Phi) is 6.61. The number of fused-ring (bicyclic) bond motifs is 2. The molecule has 0 saturated carbocycles. The van der Waals surface area contributed by atoms with E-state index in [1.807, 2.05) is 12.1 Å². The molecule has 0 aliphatic carbocycles. The number of carbonyl (C=O) groups excluding carboxylic acids is 1. The molecule has 10 heteroatoms. The maximum Gasteiger partial charge on any atom is 0.453 e. The smallest absolute Gasteiger partial charge is 0.453 e. The Morgan fingerprint density at radius 1 is 0.795 bits per heavy atom. The van der Waals surface area contributed by atoms with Gasteiger partial charge in [-0.15, -0.1) is 0 Å². The zero-order chi connectivity index (χ0) is 27.7. The predicted molar refractivity (Wildman–Crippen MR) is 136 cm³/mol. The normalized spacial score (nSPS) is 11.4. The fourth-order valence-electron chi connectivity index (χ4n) is 4.06. The third kappa shape index (κ3) is 4.96. The van der Waals surface area contributed by atoms with Gasteiger partial charge in [0.05, 0.1) is 19.6 Å². The van der Waals surface area contributed by atoms with Gasteiger partial charge in [0.2, 0.25) is 11.2 Å². The van der Waals surface area contributed by atoms with Crippen molar-refractivity contribution in [1.82, 2.24) is 0 Å². The number of hydrogen-bond donors (Lipinski definition) is 0. The summed E-state index contributed by atoms with van der Waals surface area (Å²) in [7, 11) is 2.71. The minimum Gasteiger partial charge on any atom is -0.496 e. The number of alkyl halides is 3. The van der Waals surface area contributed by atoms with Crippen molar-refractivity contribution in [3.8, 4) is 28.7 Å². The monoisotopic (exact) mass is 536 g/mol. The second-order valence-electron chi connectivity index (χ2n) is 8.28. The molecule has 0 unspecified atom stereocenters. The highest BCUT2D eigenvalue weighted by atomic mass is 19.4. The number of ether oxygens (including phenoxy) is 4. The van der Waals surface area contributed by atoms with Crippen molar-refractivity contribution in [2.75, 3.05) is 14.2 Å². The minimum absolute atomic E-state index is 0.0286. The van der Waals surface area contributed by atoms with Gasteiger partial charge in [0.25, 0.3) is 5.76 Å². The molecule has 39 heavy (non-hydrogen) atoms. The molecule has 0 atom stereocenters. The zero-order valence-electron chi connectivity index (χ0n) is 20.5. The Morgan fingerprint density at radius 2 is 1.46 bits per heavy atom. The summed E-state index contributed by atoms with van der Waals surface area (Å²) in [5.74, 6) is -3.32. The number of benzene rings is 4. The fourth-order valence-corrected chi connectivity index (χ4v) is 4.06. The van der Waals surface area contributed by atoms with Crippen LogP contribution in [0.2, 0.25) is 0 Å². The number of rotatable bonds is 6. The second-order valence-corrected chi connectivity index (χ2v) is 8.28. The van der Waals surface area contributed by atoms with Crippen LogP contribution in [0.25, 0.3) is 21.7 Å². The Hall–Kier alpha value is -4.99. The largest absolute Gasteiger partial charge is 0.496 e. The van der Waals surface area contributed by atoms with Gasteiger partial charge >= 0.3 is 12.1 Å². The molecule has 0 spiro atoms. The van der Waals surface area contributed by atoms with Crippen LogP contribution in [0.1, 0.15) is 16.1 Å². The molecular weight excluding hydrogens is 517 g/mol. The van der Waals surface area contributed by atoms with E-state index in [-0.39, 0.29) is 33.9 Å². The third-order valence-corrected chi connectivity index (χ3v) is 5.86. The highest BCUT2D eigenvalue weighted by molar-refractivity contribution is 5.97. The van der Waals surface area contributed by atoms with E-state index in [1.54, 1.807) is 24.3 Å². The van der Waals surface area contributed by atoms with Crippen LogP contribution < -0.4 is 24.4 Å². The lowest BCUT2D eigenvalue weighted by atomic mass is 10.1. The van der Waals surface area contributed by atoms with Gasteiger partial charge < -0.3 is 23.4 Å². The highest BCUT2D eigenvalue weighted by Crippen LogP contribution is 2.39. The summed E-state index contributed by atoms with van der Waals surface area (Å²) in [6.45, 7) is 0. The van der Waals surface area contributed by atoms with E-state index >= 15 is 0 Å². The van der Waals surface area contributed by atoms with E-state index in [1.165, 1.54) is 50.6 Å². The quantitative estimate of drug-likeness (QED) is 0.171. The summed E-state index contributed by atoms with van der Waals surface area (Å²) in [5, 5.41) is 1.36. The molecule has 7 nitrogen and oxygen atoms in total. The molecular formula is C29H19F3O7. The Bertz CT molecular complexity index is 1750. The van der Waals surface area contributed by atoms with Gasteiger partial charge in [0.1, 0.15) is 34.1 Å². The van der Waals surface area contributed by atoms with Gasteiger partial charge in [-0.25, -0.2) is 4.79 Å². The van der Waals surface area contributed by atoms with Gasteiger partial charge in [0.15, 0.2) is 0 Å². The van der Waals surface area contributed by atoms with Crippen LogP contribution in [-0.2, 0) is 6.18 Å². The predicted octanol–water partition coefficient (Wildman–Crippen LogP) is 6.99. The van der Waals surface area contributed by atoms with Crippen molar-refractivity contribution < 1.29 is 41.3 Å². The lowest BCUT2D eigenvalue weighted by Crippen LogP contribution is -2.16. The molecule has 1 heterocycles. The zero-order valence-corrected chi connectivity index (χ0v) is 20.5. The molecule has 0 fully saturated rings. The highest BCUT2D eigenvalue weighted by Gasteiger charge is 2.40. The number of halogens is 3. The summed E-state index contributed by atoms with van der Waals surface area (Å²) in [4.78, 5) is 26.0. The van der Waals surface area contributed by atoms with Gasteiger partial charge in [-0.2, -0.15) is 13.2 Å². The first-order valence-corrected chi connectivity index (χ1v) is 11.5. The second kappa shape index (κ2) is 10.1. The maximum atomic E-state index is 14.0. The van der Waals surface area contributed by atoms with E-state index in [2.05, 4.69) is 0 Å². The van der Waals surface area contributed by atoms with Crippen LogP contribution in [0.3, 0.4) is 0 Å². The van der Waals surface area contributed by atoms with Gasteiger partial charge in [-0.1, -0.05) is 36.4 Å². The number of carbonyl (C=O) groups is 1. The van der Waals surface area contributed by atoms with Crippen LogP contribution in [0.4, 0.5) is 13.2 Å². The Balaban J connectivity index is 1.55. The van der Waals surface area contributed by atoms with E-state index < -0.39 is 34.7 Å². The van der Waals surface area contributed by atoms with Crippen LogP contribution in [0, 0.1) is 0 Å². The first kappa shape index (κ1) is 25.7. The molecule has 0 amide bonds. The SMILES string of the molecule is COc1cccc(OC)c1C(=O)Oc1ccc2c(=O)c(Oc3ccc4ccccc4c3)c(C(F)(F)F)oc2c1. The molecule has 198 valence electrons. The Morgan fingerprint density at radius 3 is 2.13 bits per heavy atom. The molecule has 0 radical (unpaired) electrons. The topological polar surface area (TPSA) is 84.2 Å². The van der Waals surface area contributed by atoms with E-state index in [9.17, 15) is 22.8 Å². The molecule has 0 saturated heterocycles. The number of esters is 1.